The van der Waals surface area contributed by atoms with Crippen molar-refractivity contribution in [3.05, 3.63) is 31.1 Å². The normalized spacial score (nSPS) is 10.2. The van der Waals surface area contributed by atoms with Crippen molar-refractivity contribution < 1.29 is 0 Å². The molecule has 1 nitrogen and oxygen atoms in total. The summed E-state index contributed by atoms with van der Waals surface area (Å²) >= 11 is 7.34. The lowest BCUT2D eigenvalue weighted by Gasteiger charge is -1.95. The van der Waals surface area contributed by atoms with Crippen molar-refractivity contribution in [1.29, 1.82) is 5.26 Å². The molecule has 0 spiro atoms. The Morgan fingerprint density at radius 3 is 2.92 bits per heavy atom. The zero-order valence-electron chi connectivity index (χ0n) is 6.34. The van der Waals surface area contributed by atoms with Crippen LogP contribution in [0.5, 0.6) is 0 Å². The Morgan fingerprint density at radius 2 is 2.23 bits per heavy atom. The van der Waals surface area contributed by atoms with E-state index in [2.05, 4.69) is 50.7 Å². The molecule has 1 aromatic heterocycles. The molecule has 0 saturated heterocycles. The Hall–Kier alpha value is -0.120. The molecule has 4 heteroatoms. The molecule has 0 fully saturated rings. The summed E-state index contributed by atoms with van der Waals surface area (Å²) < 4.78 is 3.37. The monoisotopic (exact) mass is 363 g/mol. The van der Waals surface area contributed by atoms with E-state index in [1.165, 1.54) is 4.70 Å². The van der Waals surface area contributed by atoms with Crippen LogP contribution in [0.1, 0.15) is 5.56 Å². The van der Waals surface area contributed by atoms with Crippen molar-refractivity contribution in [3.63, 3.8) is 0 Å². The quantitative estimate of drug-likeness (QED) is 0.645. The third-order valence-corrected chi connectivity index (χ3v) is 4.49. The van der Waals surface area contributed by atoms with E-state index in [-0.39, 0.29) is 0 Å². The second-order valence-electron chi connectivity index (χ2n) is 2.50. The Bertz CT molecular complexity index is 512. The van der Waals surface area contributed by atoms with Crippen LogP contribution in [-0.2, 0) is 0 Å². The van der Waals surface area contributed by atoms with Gasteiger partial charge in [0.1, 0.15) is 6.07 Å². The first-order valence-electron chi connectivity index (χ1n) is 3.50. The Morgan fingerprint density at radius 1 is 1.46 bits per heavy atom. The molecule has 0 aliphatic rings. The molecule has 0 bridgehead atoms. The maximum Gasteiger partial charge on any atom is 0.100 e. The summed E-state index contributed by atoms with van der Waals surface area (Å²) in [6.45, 7) is 0. The van der Waals surface area contributed by atoms with E-state index in [9.17, 15) is 0 Å². The van der Waals surface area contributed by atoms with Crippen molar-refractivity contribution in [2.75, 3.05) is 0 Å². The molecule has 0 atom stereocenters. The minimum absolute atomic E-state index is 0.749. The molecule has 2 rings (SSSR count). The molecule has 64 valence electrons. The van der Waals surface area contributed by atoms with E-state index in [0.29, 0.717) is 0 Å². The Balaban J connectivity index is 2.87. The first kappa shape index (κ1) is 9.44. The van der Waals surface area contributed by atoms with E-state index in [1.54, 1.807) is 11.3 Å². The average molecular weight is 364 g/mol. The zero-order valence-corrected chi connectivity index (χ0v) is 10.9. The van der Waals surface area contributed by atoms with Crippen LogP contribution in [0.3, 0.4) is 0 Å². The van der Waals surface area contributed by atoms with E-state index in [1.807, 2.05) is 12.1 Å². The number of thiophene rings is 1. The lowest BCUT2D eigenvalue weighted by Crippen LogP contribution is -1.80. The van der Waals surface area contributed by atoms with Crippen molar-refractivity contribution >= 4 is 59.9 Å². The molecule has 0 radical (unpaired) electrons. The smallest absolute Gasteiger partial charge is 0.100 e. The van der Waals surface area contributed by atoms with Crippen LogP contribution >= 0.6 is 49.9 Å². The van der Waals surface area contributed by atoms with Gasteiger partial charge in [-0.1, -0.05) is 0 Å². The SMILES string of the molecule is N#Cc1ccc2sc(Br)cc2c1I. The summed E-state index contributed by atoms with van der Waals surface area (Å²) in [5, 5.41) is 9.99. The fraction of sp³-hybridized carbons (Fsp3) is 0. The van der Waals surface area contributed by atoms with Gasteiger partial charge in [-0.3, -0.25) is 0 Å². The first-order valence-corrected chi connectivity index (χ1v) is 6.19. The minimum atomic E-state index is 0.749. The van der Waals surface area contributed by atoms with Crippen LogP contribution in [0.4, 0.5) is 0 Å². The number of nitriles is 1. The maximum atomic E-state index is 8.82. The van der Waals surface area contributed by atoms with Crippen LogP contribution in [0.25, 0.3) is 10.1 Å². The molecular formula is C9H3BrINS. The molecule has 0 amide bonds. The van der Waals surface area contributed by atoms with Gasteiger partial charge in [-0.15, -0.1) is 11.3 Å². The molecule has 0 aliphatic carbocycles. The molecule has 13 heavy (non-hydrogen) atoms. The van der Waals surface area contributed by atoms with Crippen molar-refractivity contribution in [1.82, 2.24) is 0 Å². The van der Waals surface area contributed by atoms with Gasteiger partial charge >= 0.3 is 0 Å². The zero-order chi connectivity index (χ0) is 9.42. The minimum Gasteiger partial charge on any atom is -0.192 e. The maximum absolute atomic E-state index is 8.82. The molecule has 1 heterocycles. The largest absolute Gasteiger partial charge is 0.192 e. The van der Waals surface area contributed by atoms with Gasteiger partial charge in [-0.05, 0) is 56.7 Å². The van der Waals surface area contributed by atoms with Gasteiger partial charge in [0.2, 0.25) is 0 Å². The van der Waals surface area contributed by atoms with Crippen molar-refractivity contribution in [3.8, 4) is 6.07 Å². The molecule has 2 aromatic rings. The molecule has 0 saturated carbocycles. The van der Waals surface area contributed by atoms with E-state index in [4.69, 9.17) is 5.26 Å². The highest BCUT2D eigenvalue weighted by molar-refractivity contribution is 14.1. The van der Waals surface area contributed by atoms with Crippen LogP contribution in [0.15, 0.2) is 22.0 Å². The van der Waals surface area contributed by atoms with Gasteiger partial charge < -0.3 is 0 Å². The van der Waals surface area contributed by atoms with Crippen LogP contribution < -0.4 is 0 Å². The predicted molar refractivity (Wildman–Crippen MR) is 67.0 cm³/mol. The van der Waals surface area contributed by atoms with Gasteiger partial charge in [-0.2, -0.15) is 5.26 Å². The van der Waals surface area contributed by atoms with Crippen LogP contribution in [-0.4, -0.2) is 0 Å². The fourth-order valence-electron chi connectivity index (χ4n) is 1.13. The summed E-state index contributed by atoms with van der Waals surface area (Å²) in [5.41, 5.74) is 0.749. The van der Waals surface area contributed by atoms with Gasteiger partial charge in [0.05, 0.1) is 9.35 Å². The van der Waals surface area contributed by atoms with Gasteiger partial charge in [0.25, 0.3) is 0 Å². The molecule has 1 aromatic carbocycles. The third-order valence-electron chi connectivity index (χ3n) is 1.73. The summed E-state index contributed by atoms with van der Waals surface area (Å²) in [6.07, 6.45) is 0. The number of fused-ring (bicyclic) bond motifs is 1. The lowest BCUT2D eigenvalue weighted by atomic mass is 10.2. The topological polar surface area (TPSA) is 23.8 Å². The Kier molecular flexibility index (Phi) is 2.58. The lowest BCUT2D eigenvalue weighted by molar-refractivity contribution is 1.49. The number of hydrogen-bond donors (Lipinski definition) is 0. The molecule has 0 aliphatic heterocycles. The van der Waals surface area contributed by atoms with E-state index in [0.717, 1.165) is 18.3 Å². The average Bonchev–Trinajstić information content (AvgIpc) is 2.47. The number of rotatable bonds is 0. The highest BCUT2D eigenvalue weighted by Gasteiger charge is 2.06. The highest BCUT2D eigenvalue weighted by atomic mass is 127. The highest BCUT2D eigenvalue weighted by Crippen LogP contribution is 2.33. The number of halogens is 2. The van der Waals surface area contributed by atoms with Crippen molar-refractivity contribution in [2.45, 2.75) is 0 Å². The van der Waals surface area contributed by atoms with E-state index >= 15 is 0 Å². The van der Waals surface area contributed by atoms with E-state index < -0.39 is 0 Å². The van der Waals surface area contributed by atoms with Gasteiger partial charge in [0, 0.05) is 13.7 Å². The van der Waals surface area contributed by atoms with Crippen LogP contribution in [0, 0.1) is 14.9 Å². The van der Waals surface area contributed by atoms with Crippen molar-refractivity contribution in [2.24, 2.45) is 0 Å². The molecular weight excluding hydrogens is 361 g/mol. The second-order valence-corrected chi connectivity index (χ2v) is 6.04. The molecule has 0 unspecified atom stereocenters. The second kappa shape index (κ2) is 3.56. The molecule has 0 N–H and O–H groups in total. The number of benzene rings is 1. The summed E-state index contributed by atoms with van der Waals surface area (Å²) in [5.74, 6) is 0. The van der Waals surface area contributed by atoms with Crippen LogP contribution in [0.2, 0.25) is 0 Å². The standard InChI is InChI=1S/C9H3BrINS/c10-8-3-6-7(13-8)2-1-5(4-12)9(6)11/h1-3H. The summed E-state index contributed by atoms with van der Waals surface area (Å²) in [7, 11) is 0. The fourth-order valence-corrected chi connectivity index (χ4v) is 3.61. The predicted octanol–water partition coefficient (Wildman–Crippen LogP) is 4.14. The van der Waals surface area contributed by atoms with Gasteiger partial charge in [-0.25, -0.2) is 0 Å². The first-order chi connectivity index (χ1) is 6.22. The Labute approximate surface area is 102 Å². The third kappa shape index (κ3) is 1.60. The summed E-state index contributed by atoms with van der Waals surface area (Å²) in [4.78, 5) is 0. The number of nitrogens with zero attached hydrogens (tertiary/aromatic N) is 1. The summed E-state index contributed by atoms with van der Waals surface area (Å²) in [6, 6.07) is 8.10. The number of hydrogen-bond acceptors (Lipinski definition) is 2. The van der Waals surface area contributed by atoms with Gasteiger partial charge in [0.15, 0.2) is 0 Å².